The molecule has 0 aliphatic heterocycles. The maximum Gasteiger partial charge on any atom is 0.134 e. The van der Waals surface area contributed by atoms with Gasteiger partial charge in [-0.15, -0.1) is 0 Å². The molecule has 1 aromatic carbocycles. The summed E-state index contributed by atoms with van der Waals surface area (Å²) in [6.45, 7) is 0. The fourth-order valence-electron chi connectivity index (χ4n) is 2.67. The van der Waals surface area contributed by atoms with Crippen LogP contribution in [0.2, 0.25) is 0 Å². The van der Waals surface area contributed by atoms with E-state index in [1.807, 2.05) is 6.20 Å². The molecule has 0 radical (unpaired) electrons. The summed E-state index contributed by atoms with van der Waals surface area (Å²) in [6.07, 6.45) is 8.55. The number of hydrogen-bond donors (Lipinski definition) is 1. The van der Waals surface area contributed by atoms with E-state index in [0.29, 0.717) is 6.04 Å². The first-order chi connectivity index (χ1) is 8.43. The third-order valence-electron chi connectivity index (χ3n) is 3.62. The molecule has 1 saturated carbocycles. The summed E-state index contributed by atoms with van der Waals surface area (Å²) in [5.74, 6) is 1.05. The fraction of sp³-hybridized carbons (Fsp3) is 0.400. The summed E-state index contributed by atoms with van der Waals surface area (Å²) < 4.78 is 0. The van der Waals surface area contributed by atoms with E-state index >= 15 is 0 Å². The first-order valence-corrected chi connectivity index (χ1v) is 6.54. The van der Waals surface area contributed by atoms with Gasteiger partial charge in [0.05, 0.1) is 0 Å². The summed E-state index contributed by atoms with van der Waals surface area (Å²) >= 11 is 0. The van der Waals surface area contributed by atoms with Gasteiger partial charge < -0.3 is 5.32 Å². The number of hydrogen-bond acceptors (Lipinski definition) is 2. The molecule has 0 spiro atoms. The Morgan fingerprint density at radius 2 is 1.82 bits per heavy atom. The zero-order chi connectivity index (χ0) is 11.5. The normalized spacial score (nSPS) is 17.2. The molecule has 0 saturated heterocycles. The molecule has 2 heteroatoms. The minimum atomic E-state index is 0.613. The van der Waals surface area contributed by atoms with E-state index < -0.39 is 0 Å². The summed E-state index contributed by atoms with van der Waals surface area (Å²) in [5.41, 5.74) is 0. The number of anilines is 1. The number of fused-ring (bicyclic) bond motifs is 1. The van der Waals surface area contributed by atoms with E-state index in [4.69, 9.17) is 0 Å². The molecule has 0 atom stereocenters. The smallest absolute Gasteiger partial charge is 0.134 e. The lowest BCUT2D eigenvalue weighted by molar-refractivity contribution is 0.462. The van der Waals surface area contributed by atoms with Crippen LogP contribution in [0.4, 0.5) is 5.82 Å². The topological polar surface area (TPSA) is 24.9 Å². The van der Waals surface area contributed by atoms with Crippen molar-refractivity contribution in [2.45, 2.75) is 38.1 Å². The minimum Gasteiger partial charge on any atom is -0.367 e. The number of rotatable bonds is 2. The summed E-state index contributed by atoms with van der Waals surface area (Å²) in [4.78, 5) is 4.49. The lowest BCUT2D eigenvalue weighted by Gasteiger charge is -2.23. The molecule has 0 amide bonds. The Bertz CT molecular complexity index is 496. The lowest BCUT2D eigenvalue weighted by atomic mass is 9.95. The average Bonchev–Trinajstić information content (AvgIpc) is 2.40. The van der Waals surface area contributed by atoms with Crippen molar-refractivity contribution in [1.82, 2.24) is 4.98 Å². The maximum atomic E-state index is 4.49. The second kappa shape index (κ2) is 4.74. The first kappa shape index (κ1) is 10.6. The van der Waals surface area contributed by atoms with Gasteiger partial charge in [-0.1, -0.05) is 43.5 Å². The molecular formula is C15H18N2. The quantitative estimate of drug-likeness (QED) is 0.837. The van der Waals surface area contributed by atoms with E-state index in [1.165, 1.54) is 42.9 Å². The Kier molecular flexibility index (Phi) is 2.95. The number of benzene rings is 1. The zero-order valence-corrected chi connectivity index (χ0v) is 10.0. The molecule has 1 N–H and O–H groups in total. The fourth-order valence-corrected chi connectivity index (χ4v) is 2.67. The van der Waals surface area contributed by atoms with Crippen LogP contribution in [0.25, 0.3) is 10.8 Å². The summed E-state index contributed by atoms with van der Waals surface area (Å²) in [6, 6.07) is 11.1. The third-order valence-corrected chi connectivity index (χ3v) is 3.62. The SMILES string of the molecule is c1ccc2c(NC3CCCCC3)nccc2c1. The number of nitrogens with zero attached hydrogens (tertiary/aromatic N) is 1. The first-order valence-electron chi connectivity index (χ1n) is 6.54. The summed E-state index contributed by atoms with van der Waals surface area (Å²) in [7, 11) is 0. The van der Waals surface area contributed by atoms with Crippen LogP contribution in [-0.4, -0.2) is 11.0 Å². The highest BCUT2D eigenvalue weighted by atomic mass is 15.0. The highest BCUT2D eigenvalue weighted by Gasteiger charge is 2.14. The zero-order valence-electron chi connectivity index (χ0n) is 10.0. The third kappa shape index (κ3) is 2.26. The van der Waals surface area contributed by atoms with Crippen molar-refractivity contribution in [3.05, 3.63) is 36.5 Å². The molecule has 1 fully saturated rings. The van der Waals surface area contributed by atoms with Crippen LogP contribution in [0.1, 0.15) is 32.1 Å². The Labute approximate surface area is 102 Å². The number of pyridine rings is 1. The number of aromatic nitrogens is 1. The monoisotopic (exact) mass is 226 g/mol. The van der Waals surface area contributed by atoms with Gasteiger partial charge in [0.15, 0.2) is 0 Å². The van der Waals surface area contributed by atoms with Crippen molar-refractivity contribution in [3.63, 3.8) is 0 Å². The van der Waals surface area contributed by atoms with Crippen molar-refractivity contribution in [2.75, 3.05) is 5.32 Å². The highest BCUT2D eigenvalue weighted by Crippen LogP contribution is 2.25. The highest BCUT2D eigenvalue weighted by molar-refractivity contribution is 5.91. The van der Waals surface area contributed by atoms with Gasteiger partial charge in [-0.3, -0.25) is 0 Å². The van der Waals surface area contributed by atoms with Crippen molar-refractivity contribution in [1.29, 1.82) is 0 Å². The predicted octanol–water partition coefficient (Wildman–Crippen LogP) is 3.98. The van der Waals surface area contributed by atoms with Gasteiger partial charge in [0, 0.05) is 17.6 Å². The standard InChI is InChI=1S/C15H18N2/c1-2-7-13(8-3-1)17-15-14-9-5-4-6-12(14)10-11-16-15/h4-6,9-11,13H,1-3,7-8H2,(H,16,17). The van der Waals surface area contributed by atoms with Crippen LogP contribution < -0.4 is 5.32 Å². The molecule has 0 bridgehead atoms. The molecule has 1 heterocycles. The van der Waals surface area contributed by atoms with E-state index in [2.05, 4.69) is 40.6 Å². The van der Waals surface area contributed by atoms with Gasteiger partial charge in [0.2, 0.25) is 0 Å². The molecule has 1 aromatic heterocycles. The van der Waals surface area contributed by atoms with Crippen molar-refractivity contribution in [2.24, 2.45) is 0 Å². The summed E-state index contributed by atoms with van der Waals surface area (Å²) in [5, 5.41) is 6.11. The van der Waals surface area contributed by atoms with Gasteiger partial charge in [0.25, 0.3) is 0 Å². The van der Waals surface area contributed by atoms with Crippen molar-refractivity contribution in [3.8, 4) is 0 Å². The Morgan fingerprint density at radius 3 is 2.71 bits per heavy atom. The van der Waals surface area contributed by atoms with E-state index in [9.17, 15) is 0 Å². The van der Waals surface area contributed by atoms with Crippen molar-refractivity contribution < 1.29 is 0 Å². The lowest BCUT2D eigenvalue weighted by Crippen LogP contribution is -2.22. The Hall–Kier alpha value is -1.57. The molecule has 88 valence electrons. The van der Waals surface area contributed by atoms with Gasteiger partial charge in [-0.25, -0.2) is 4.98 Å². The van der Waals surface area contributed by atoms with E-state index in [0.717, 1.165) is 5.82 Å². The van der Waals surface area contributed by atoms with Crippen LogP contribution in [0.5, 0.6) is 0 Å². The van der Waals surface area contributed by atoms with Gasteiger partial charge in [0.1, 0.15) is 5.82 Å². The molecule has 2 aromatic rings. The molecule has 3 rings (SSSR count). The molecule has 1 aliphatic rings. The Morgan fingerprint density at radius 1 is 1.00 bits per heavy atom. The maximum absolute atomic E-state index is 4.49. The van der Waals surface area contributed by atoms with Gasteiger partial charge in [-0.2, -0.15) is 0 Å². The van der Waals surface area contributed by atoms with Crippen LogP contribution >= 0.6 is 0 Å². The molecule has 17 heavy (non-hydrogen) atoms. The van der Waals surface area contributed by atoms with Crippen LogP contribution in [0, 0.1) is 0 Å². The number of nitrogens with one attached hydrogen (secondary N) is 1. The predicted molar refractivity (Wildman–Crippen MR) is 72.2 cm³/mol. The van der Waals surface area contributed by atoms with Gasteiger partial charge >= 0.3 is 0 Å². The van der Waals surface area contributed by atoms with Crippen LogP contribution in [0.3, 0.4) is 0 Å². The molecule has 0 unspecified atom stereocenters. The molecule has 1 aliphatic carbocycles. The Balaban J connectivity index is 1.89. The van der Waals surface area contributed by atoms with E-state index in [1.54, 1.807) is 0 Å². The largest absolute Gasteiger partial charge is 0.367 e. The molecular weight excluding hydrogens is 208 g/mol. The van der Waals surface area contributed by atoms with Crippen LogP contribution in [0.15, 0.2) is 36.5 Å². The second-order valence-corrected chi connectivity index (χ2v) is 4.86. The van der Waals surface area contributed by atoms with Crippen LogP contribution in [-0.2, 0) is 0 Å². The average molecular weight is 226 g/mol. The van der Waals surface area contributed by atoms with E-state index in [-0.39, 0.29) is 0 Å². The minimum absolute atomic E-state index is 0.613. The van der Waals surface area contributed by atoms with Crippen molar-refractivity contribution >= 4 is 16.6 Å². The van der Waals surface area contributed by atoms with Gasteiger partial charge in [-0.05, 0) is 24.3 Å². The molecule has 2 nitrogen and oxygen atoms in total. The second-order valence-electron chi connectivity index (χ2n) is 4.86.